The van der Waals surface area contributed by atoms with Crippen molar-refractivity contribution in [2.75, 3.05) is 7.05 Å². The fourth-order valence-electron chi connectivity index (χ4n) is 1.60. The summed E-state index contributed by atoms with van der Waals surface area (Å²) in [5, 5.41) is 4.10. The molecule has 2 aromatic rings. The second-order valence-corrected chi connectivity index (χ2v) is 7.03. The first-order chi connectivity index (χ1) is 8.85. The van der Waals surface area contributed by atoms with Crippen LogP contribution in [0, 0.1) is 6.92 Å². The van der Waals surface area contributed by atoms with Gasteiger partial charge < -0.3 is 0 Å². The first-order valence-electron chi connectivity index (χ1n) is 5.44. The van der Waals surface area contributed by atoms with Crippen molar-refractivity contribution in [2.24, 2.45) is 7.05 Å². The van der Waals surface area contributed by atoms with Crippen LogP contribution in [-0.4, -0.2) is 25.2 Å². The lowest BCUT2D eigenvalue weighted by molar-refractivity contribution is 0.588. The first-order valence-corrected chi connectivity index (χ1v) is 7.74. The molecule has 0 bridgehead atoms. The normalized spacial score (nSPS) is 11.7. The number of hydrogen-bond donors (Lipinski definition) is 1. The zero-order chi connectivity index (χ0) is 14.2. The van der Waals surface area contributed by atoms with Gasteiger partial charge in [-0.05, 0) is 26.1 Å². The highest BCUT2D eigenvalue weighted by molar-refractivity contribution is 7.89. The Morgan fingerprint density at radius 3 is 2.63 bits per heavy atom. The molecule has 0 unspecified atom stereocenters. The van der Waals surface area contributed by atoms with E-state index >= 15 is 0 Å². The van der Waals surface area contributed by atoms with E-state index in [0.29, 0.717) is 15.4 Å². The highest BCUT2D eigenvalue weighted by atomic mass is 32.2. The van der Waals surface area contributed by atoms with E-state index in [4.69, 9.17) is 0 Å². The summed E-state index contributed by atoms with van der Waals surface area (Å²) in [6, 6.07) is 4.56. The van der Waals surface area contributed by atoms with Crippen molar-refractivity contribution in [1.82, 2.24) is 14.5 Å². The quantitative estimate of drug-likeness (QED) is 0.905. The average molecular weight is 299 g/mol. The van der Waals surface area contributed by atoms with Gasteiger partial charge in [-0.15, -0.1) is 11.3 Å². The molecular weight excluding hydrogens is 286 g/mol. The Labute approximate surface area is 114 Å². The summed E-state index contributed by atoms with van der Waals surface area (Å²) in [5.41, 5.74) is 0.368. The molecule has 1 N–H and O–H groups in total. The fraction of sp³-hybridized carbons (Fsp3) is 0.273. The van der Waals surface area contributed by atoms with Crippen LogP contribution in [0.2, 0.25) is 0 Å². The van der Waals surface area contributed by atoms with E-state index in [1.54, 1.807) is 26.1 Å². The fourth-order valence-corrected chi connectivity index (χ4v) is 3.88. The van der Waals surface area contributed by atoms with Crippen molar-refractivity contribution in [2.45, 2.75) is 11.8 Å². The lowest BCUT2D eigenvalue weighted by Gasteiger charge is -1.99. The summed E-state index contributed by atoms with van der Waals surface area (Å²) < 4.78 is 27.1. The van der Waals surface area contributed by atoms with Crippen LogP contribution in [0.15, 0.2) is 27.9 Å². The van der Waals surface area contributed by atoms with Gasteiger partial charge in [-0.2, -0.15) is 5.10 Å². The number of nitrogens with one attached hydrogen (secondary N) is 1. The number of hydrogen-bond acceptors (Lipinski definition) is 5. The summed E-state index contributed by atoms with van der Waals surface area (Å²) in [7, 11) is -0.545. The zero-order valence-electron chi connectivity index (χ0n) is 10.7. The Bertz CT molecular complexity index is 775. The summed E-state index contributed by atoms with van der Waals surface area (Å²) in [5.74, 6) is 0. The molecule has 0 amide bonds. The number of thiophene rings is 1. The Balaban J connectivity index is 2.57. The summed E-state index contributed by atoms with van der Waals surface area (Å²) in [6.45, 7) is 1.74. The summed E-state index contributed by atoms with van der Waals surface area (Å²) >= 11 is 1.33. The van der Waals surface area contributed by atoms with E-state index in [-0.39, 0.29) is 10.5 Å². The lowest BCUT2D eigenvalue weighted by Crippen LogP contribution is -2.18. The van der Waals surface area contributed by atoms with Gasteiger partial charge in [0.05, 0.1) is 9.77 Å². The standard InChI is InChI=1S/C11H13N3O3S2/c1-7-10(19(16,17)12-2)6-9(18-7)8-4-5-11(15)14(3)13-8/h4-6,12H,1-3H3. The molecule has 19 heavy (non-hydrogen) atoms. The monoisotopic (exact) mass is 299 g/mol. The van der Waals surface area contributed by atoms with Crippen LogP contribution in [0.3, 0.4) is 0 Å². The molecule has 0 aliphatic rings. The topological polar surface area (TPSA) is 81.1 Å². The molecule has 0 spiro atoms. The third-order valence-corrected chi connectivity index (χ3v) is 5.39. The first kappa shape index (κ1) is 13.9. The number of aryl methyl sites for hydroxylation is 2. The average Bonchev–Trinajstić information content (AvgIpc) is 2.75. The molecule has 0 fully saturated rings. The Kier molecular flexibility index (Phi) is 3.57. The van der Waals surface area contributed by atoms with Crippen LogP contribution in [0.25, 0.3) is 10.6 Å². The maximum absolute atomic E-state index is 11.8. The van der Waals surface area contributed by atoms with Gasteiger partial charge in [0.2, 0.25) is 10.0 Å². The predicted molar refractivity (Wildman–Crippen MR) is 73.8 cm³/mol. The van der Waals surface area contributed by atoms with Gasteiger partial charge in [-0.25, -0.2) is 17.8 Å². The van der Waals surface area contributed by atoms with Gasteiger partial charge in [0.25, 0.3) is 5.56 Å². The van der Waals surface area contributed by atoms with Crippen LogP contribution in [-0.2, 0) is 17.1 Å². The second-order valence-electron chi connectivity index (χ2n) is 3.92. The second kappa shape index (κ2) is 4.87. The van der Waals surface area contributed by atoms with Crippen LogP contribution in [0.5, 0.6) is 0 Å². The van der Waals surface area contributed by atoms with Gasteiger partial charge in [-0.3, -0.25) is 4.79 Å². The SMILES string of the molecule is CNS(=O)(=O)c1cc(-c2ccc(=O)n(C)n2)sc1C. The van der Waals surface area contributed by atoms with Crippen LogP contribution in [0.1, 0.15) is 4.88 Å². The predicted octanol–water partition coefficient (Wildman–Crippen LogP) is 0.725. The third-order valence-electron chi connectivity index (χ3n) is 2.64. The number of aromatic nitrogens is 2. The molecule has 2 aromatic heterocycles. The smallest absolute Gasteiger partial charge is 0.266 e. The van der Waals surface area contributed by atoms with Gasteiger partial charge in [0.1, 0.15) is 5.69 Å². The third kappa shape index (κ3) is 2.60. The van der Waals surface area contributed by atoms with Crippen molar-refractivity contribution in [3.05, 3.63) is 33.4 Å². The van der Waals surface area contributed by atoms with Gasteiger partial charge in [0, 0.05) is 18.0 Å². The van der Waals surface area contributed by atoms with Gasteiger partial charge in [0.15, 0.2) is 0 Å². The Morgan fingerprint density at radius 2 is 2.05 bits per heavy atom. The largest absolute Gasteiger partial charge is 0.268 e. The molecule has 2 heterocycles. The minimum Gasteiger partial charge on any atom is -0.268 e. The molecule has 0 radical (unpaired) electrons. The molecule has 102 valence electrons. The maximum Gasteiger partial charge on any atom is 0.266 e. The Morgan fingerprint density at radius 1 is 1.37 bits per heavy atom. The molecule has 0 saturated carbocycles. The Hall–Kier alpha value is -1.51. The minimum atomic E-state index is -3.47. The van der Waals surface area contributed by atoms with Crippen LogP contribution in [0.4, 0.5) is 0 Å². The molecule has 0 aliphatic carbocycles. The van der Waals surface area contributed by atoms with Crippen molar-refractivity contribution >= 4 is 21.4 Å². The van der Waals surface area contributed by atoms with E-state index < -0.39 is 10.0 Å². The molecule has 2 rings (SSSR count). The molecule has 0 aliphatic heterocycles. The van der Waals surface area contributed by atoms with Crippen molar-refractivity contribution in [3.63, 3.8) is 0 Å². The van der Waals surface area contributed by atoms with Crippen LogP contribution < -0.4 is 10.3 Å². The molecule has 0 atom stereocenters. The van der Waals surface area contributed by atoms with E-state index in [2.05, 4.69) is 9.82 Å². The van der Waals surface area contributed by atoms with Crippen molar-refractivity contribution < 1.29 is 8.42 Å². The minimum absolute atomic E-state index is 0.208. The number of nitrogens with zero attached hydrogens (tertiary/aromatic N) is 2. The highest BCUT2D eigenvalue weighted by Crippen LogP contribution is 2.31. The van der Waals surface area contributed by atoms with Gasteiger partial charge in [-0.1, -0.05) is 0 Å². The molecule has 6 nitrogen and oxygen atoms in total. The molecule has 8 heteroatoms. The summed E-state index contributed by atoms with van der Waals surface area (Å²) in [4.78, 5) is 12.9. The van der Waals surface area contributed by atoms with E-state index in [9.17, 15) is 13.2 Å². The lowest BCUT2D eigenvalue weighted by atomic mass is 10.3. The van der Waals surface area contributed by atoms with E-state index in [1.807, 2.05) is 0 Å². The van der Waals surface area contributed by atoms with Crippen molar-refractivity contribution in [1.29, 1.82) is 0 Å². The van der Waals surface area contributed by atoms with Gasteiger partial charge >= 0.3 is 0 Å². The van der Waals surface area contributed by atoms with E-state index in [1.165, 1.54) is 29.1 Å². The zero-order valence-corrected chi connectivity index (χ0v) is 12.3. The van der Waals surface area contributed by atoms with Crippen molar-refractivity contribution in [3.8, 4) is 10.6 Å². The van der Waals surface area contributed by atoms with E-state index in [0.717, 1.165) is 0 Å². The maximum atomic E-state index is 11.8. The summed E-state index contributed by atoms with van der Waals surface area (Å²) in [6.07, 6.45) is 0. The highest BCUT2D eigenvalue weighted by Gasteiger charge is 2.19. The number of sulfonamides is 1. The molecular formula is C11H13N3O3S2. The number of rotatable bonds is 3. The van der Waals surface area contributed by atoms with Crippen LogP contribution >= 0.6 is 11.3 Å². The molecule has 0 saturated heterocycles. The molecule has 0 aromatic carbocycles.